The van der Waals surface area contributed by atoms with E-state index in [2.05, 4.69) is 54.7 Å². The second-order valence-electron chi connectivity index (χ2n) is 10.4. The average Bonchev–Trinajstić information content (AvgIpc) is 3.31. The molecule has 0 unspecified atom stereocenters. The lowest BCUT2D eigenvalue weighted by Gasteiger charge is -2.30. The Balaban J connectivity index is 1.52. The molecular formula is C26H33N5O2S. The molecule has 2 aliphatic heterocycles. The van der Waals surface area contributed by atoms with Crippen molar-refractivity contribution in [2.75, 3.05) is 18.1 Å². The molecule has 0 aliphatic carbocycles. The highest BCUT2D eigenvalue weighted by atomic mass is 32.1. The molecule has 7 nitrogen and oxygen atoms in total. The molecule has 0 saturated carbocycles. The molecule has 1 N–H and O–H groups in total. The highest BCUT2D eigenvalue weighted by Crippen LogP contribution is 2.43. The Morgan fingerprint density at radius 2 is 2.06 bits per heavy atom. The van der Waals surface area contributed by atoms with Crippen molar-refractivity contribution in [1.29, 1.82) is 0 Å². The Morgan fingerprint density at radius 3 is 2.82 bits per heavy atom. The van der Waals surface area contributed by atoms with Gasteiger partial charge in [-0.2, -0.15) is 5.10 Å². The van der Waals surface area contributed by atoms with E-state index in [-0.39, 0.29) is 11.4 Å². The molecular weight excluding hydrogens is 446 g/mol. The highest BCUT2D eigenvalue weighted by molar-refractivity contribution is 7.17. The lowest BCUT2D eigenvalue weighted by atomic mass is 9.94. The predicted molar refractivity (Wildman–Crippen MR) is 136 cm³/mol. The van der Waals surface area contributed by atoms with Gasteiger partial charge in [0.2, 0.25) is 0 Å². The maximum atomic E-state index is 12.7. The second kappa shape index (κ2) is 8.41. The third-order valence-corrected chi connectivity index (χ3v) is 7.71. The zero-order valence-corrected chi connectivity index (χ0v) is 21.7. The van der Waals surface area contributed by atoms with Gasteiger partial charge in [0.25, 0.3) is 5.91 Å². The minimum atomic E-state index is -0.281. The van der Waals surface area contributed by atoms with E-state index in [0.29, 0.717) is 19.1 Å². The van der Waals surface area contributed by atoms with Crippen LogP contribution in [0.1, 0.15) is 60.9 Å². The van der Waals surface area contributed by atoms with E-state index in [1.165, 1.54) is 22.6 Å². The van der Waals surface area contributed by atoms with E-state index in [1.54, 1.807) is 0 Å². The number of hydrogen-bond donors (Lipinski definition) is 1. The Hall–Kier alpha value is -2.87. The van der Waals surface area contributed by atoms with Crippen molar-refractivity contribution in [1.82, 2.24) is 20.1 Å². The zero-order valence-electron chi connectivity index (χ0n) is 20.9. The van der Waals surface area contributed by atoms with Crippen molar-refractivity contribution < 1.29 is 9.53 Å². The first kappa shape index (κ1) is 22.9. The fourth-order valence-electron chi connectivity index (χ4n) is 4.86. The highest BCUT2D eigenvalue weighted by Gasteiger charge is 2.35. The van der Waals surface area contributed by atoms with E-state index in [4.69, 9.17) is 14.8 Å². The normalized spacial score (nSPS) is 16.8. The fraction of sp³-hybridized carbons (Fsp3) is 0.500. The Kier molecular flexibility index (Phi) is 5.67. The zero-order chi connectivity index (χ0) is 24.2. The van der Waals surface area contributed by atoms with Crippen LogP contribution in [-0.4, -0.2) is 39.4 Å². The number of rotatable bonds is 5. The van der Waals surface area contributed by atoms with Gasteiger partial charge in [-0.25, -0.2) is 4.98 Å². The SMILES string of the molecule is Cc1nn(CCC(C)C)c(C)c1-c1ccc2c(c1)N(c1nc3c(s1)C(=O)NC(C)(C)C3)CCO2. The summed E-state index contributed by atoms with van der Waals surface area (Å²) in [6.45, 7) is 15.0. The van der Waals surface area contributed by atoms with E-state index in [1.807, 2.05) is 19.9 Å². The Labute approximate surface area is 205 Å². The molecule has 3 aromatic rings. The van der Waals surface area contributed by atoms with E-state index in [9.17, 15) is 4.79 Å². The van der Waals surface area contributed by atoms with Crippen LogP contribution in [0.3, 0.4) is 0 Å². The van der Waals surface area contributed by atoms with Crippen LogP contribution in [0, 0.1) is 19.8 Å². The lowest BCUT2D eigenvalue weighted by Crippen LogP contribution is -2.48. The molecule has 2 aliphatic rings. The first-order valence-corrected chi connectivity index (χ1v) is 12.9. The van der Waals surface area contributed by atoms with Crippen LogP contribution in [0.15, 0.2) is 18.2 Å². The van der Waals surface area contributed by atoms with Crippen molar-refractivity contribution >= 4 is 28.1 Å². The van der Waals surface area contributed by atoms with Crippen molar-refractivity contribution in [2.45, 2.75) is 66.5 Å². The van der Waals surface area contributed by atoms with Crippen molar-refractivity contribution in [3.8, 4) is 16.9 Å². The van der Waals surface area contributed by atoms with E-state index in [0.717, 1.165) is 57.8 Å². The third-order valence-electron chi connectivity index (χ3n) is 6.60. The molecule has 0 spiro atoms. The maximum absolute atomic E-state index is 12.7. The van der Waals surface area contributed by atoms with Crippen LogP contribution >= 0.6 is 11.3 Å². The van der Waals surface area contributed by atoms with Gasteiger partial charge in [0.05, 0.1) is 23.6 Å². The summed E-state index contributed by atoms with van der Waals surface area (Å²) in [6, 6.07) is 6.35. The molecule has 8 heteroatoms. The smallest absolute Gasteiger partial charge is 0.263 e. The van der Waals surface area contributed by atoms with Gasteiger partial charge in [-0.15, -0.1) is 0 Å². The summed E-state index contributed by atoms with van der Waals surface area (Å²) in [5, 5.41) is 8.77. The van der Waals surface area contributed by atoms with Crippen LogP contribution in [-0.2, 0) is 13.0 Å². The molecule has 5 rings (SSSR count). The number of ether oxygens (including phenoxy) is 1. The van der Waals surface area contributed by atoms with Gasteiger partial charge < -0.3 is 15.0 Å². The maximum Gasteiger partial charge on any atom is 0.263 e. The van der Waals surface area contributed by atoms with Gasteiger partial charge in [-0.3, -0.25) is 9.48 Å². The number of carbonyl (C=O) groups excluding carboxylic acids is 1. The monoisotopic (exact) mass is 479 g/mol. The Morgan fingerprint density at radius 1 is 1.26 bits per heavy atom. The molecule has 0 atom stereocenters. The van der Waals surface area contributed by atoms with Gasteiger partial charge >= 0.3 is 0 Å². The number of nitrogens with zero attached hydrogens (tertiary/aromatic N) is 4. The first-order chi connectivity index (χ1) is 16.1. The number of aromatic nitrogens is 3. The van der Waals surface area contributed by atoms with Crippen molar-refractivity contribution in [3.63, 3.8) is 0 Å². The molecule has 0 radical (unpaired) electrons. The van der Waals surface area contributed by atoms with Crippen LogP contribution in [0.5, 0.6) is 5.75 Å². The molecule has 4 heterocycles. The fourth-order valence-corrected chi connectivity index (χ4v) is 5.88. The van der Waals surface area contributed by atoms with Gasteiger partial charge in [0.15, 0.2) is 5.13 Å². The summed E-state index contributed by atoms with van der Waals surface area (Å²) in [5.74, 6) is 1.45. The quantitative estimate of drug-likeness (QED) is 0.540. The molecule has 180 valence electrons. The molecule has 0 fully saturated rings. The second-order valence-corrected chi connectivity index (χ2v) is 11.4. The average molecular weight is 480 g/mol. The summed E-state index contributed by atoms with van der Waals surface area (Å²) in [5.41, 5.74) is 6.12. The largest absolute Gasteiger partial charge is 0.490 e. The molecule has 0 saturated heterocycles. The van der Waals surface area contributed by atoms with Gasteiger partial charge in [-0.1, -0.05) is 31.3 Å². The minimum absolute atomic E-state index is 0.0303. The Bertz CT molecular complexity index is 1260. The van der Waals surface area contributed by atoms with Crippen molar-refractivity contribution in [3.05, 3.63) is 40.2 Å². The van der Waals surface area contributed by atoms with Gasteiger partial charge in [0, 0.05) is 29.8 Å². The third kappa shape index (κ3) is 4.08. The lowest BCUT2D eigenvalue weighted by molar-refractivity contribution is 0.0901. The number of hydrogen-bond acceptors (Lipinski definition) is 6. The van der Waals surface area contributed by atoms with Crippen LogP contribution in [0.4, 0.5) is 10.8 Å². The topological polar surface area (TPSA) is 72.3 Å². The summed E-state index contributed by atoms with van der Waals surface area (Å²) in [4.78, 5) is 20.5. The van der Waals surface area contributed by atoms with Gasteiger partial charge in [0.1, 0.15) is 17.2 Å². The van der Waals surface area contributed by atoms with Crippen molar-refractivity contribution in [2.24, 2.45) is 5.92 Å². The standard InChI is InChI=1S/C26H33N5O2S/c1-15(2)9-10-31-17(4)22(16(3)29-31)18-7-8-21-20(13-18)30(11-12-33-21)25-27-19-14-26(5,6)28-24(32)23(19)34-25/h7-8,13,15H,9-12,14H2,1-6H3,(H,28,32). The van der Waals surface area contributed by atoms with Crippen LogP contribution < -0.4 is 15.0 Å². The summed E-state index contributed by atoms with van der Waals surface area (Å²) in [6.07, 6.45) is 1.84. The predicted octanol–water partition coefficient (Wildman–Crippen LogP) is 5.26. The molecule has 34 heavy (non-hydrogen) atoms. The number of aryl methyl sites for hydroxylation is 2. The number of anilines is 2. The molecule has 2 aromatic heterocycles. The first-order valence-electron chi connectivity index (χ1n) is 12.0. The summed E-state index contributed by atoms with van der Waals surface area (Å²) in [7, 11) is 0. The number of amides is 1. The van der Waals surface area contributed by atoms with E-state index >= 15 is 0 Å². The summed E-state index contributed by atoms with van der Waals surface area (Å²) < 4.78 is 8.12. The summed E-state index contributed by atoms with van der Waals surface area (Å²) >= 11 is 1.47. The number of thiazole rings is 1. The van der Waals surface area contributed by atoms with Crippen LogP contribution in [0.25, 0.3) is 11.1 Å². The number of benzene rings is 1. The number of fused-ring (bicyclic) bond motifs is 2. The molecule has 1 amide bonds. The minimum Gasteiger partial charge on any atom is -0.490 e. The van der Waals surface area contributed by atoms with Gasteiger partial charge in [-0.05, 0) is 57.7 Å². The van der Waals surface area contributed by atoms with E-state index < -0.39 is 0 Å². The number of carbonyl (C=O) groups is 1. The molecule has 0 bridgehead atoms. The van der Waals surface area contributed by atoms with Crippen LogP contribution in [0.2, 0.25) is 0 Å². The number of nitrogens with one attached hydrogen (secondary N) is 1. The molecule has 1 aromatic carbocycles.